The van der Waals surface area contributed by atoms with E-state index in [-0.39, 0.29) is 23.8 Å². The number of piperidine rings is 1. The molecule has 3 fully saturated rings. The van der Waals surface area contributed by atoms with Crippen molar-refractivity contribution in [1.82, 2.24) is 20.0 Å². The van der Waals surface area contributed by atoms with Crippen molar-refractivity contribution in [2.45, 2.75) is 63.5 Å². The van der Waals surface area contributed by atoms with Crippen molar-refractivity contribution in [3.05, 3.63) is 0 Å². The van der Waals surface area contributed by atoms with Crippen molar-refractivity contribution in [1.29, 1.82) is 0 Å². The monoisotopic (exact) mass is 424 g/mol. The Hall–Kier alpha value is -1.28. The molecule has 0 aliphatic carbocycles. The second-order valence-corrected chi connectivity index (χ2v) is 9.63. The number of nitrogens with zero attached hydrogens (tertiary/aromatic N) is 3. The number of carbonyl (C=O) groups is 3. The van der Waals surface area contributed by atoms with Crippen LogP contribution in [0.4, 0.5) is 4.79 Å². The number of imide groups is 1. The van der Waals surface area contributed by atoms with E-state index < -0.39 is 5.54 Å². The Labute approximate surface area is 178 Å². The van der Waals surface area contributed by atoms with Gasteiger partial charge in [-0.25, -0.2) is 4.79 Å². The molecule has 3 aliphatic rings. The molecule has 0 spiro atoms. The zero-order chi connectivity index (χ0) is 21.0. The van der Waals surface area contributed by atoms with E-state index >= 15 is 0 Å². The molecular weight excluding hydrogens is 388 g/mol. The van der Waals surface area contributed by atoms with Gasteiger partial charge in [-0.3, -0.25) is 14.5 Å². The molecule has 3 aliphatic heterocycles. The first-order valence-electron chi connectivity index (χ1n) is 11.0. The van der Waals surface area contributed by atoms with E-state index in [0.717, 1.165) is 38.6 Å². The minimum atomic E-state index is -0.790. The van der Waals surface area contributed by atoms with Crippen LogP contribution in [-0.4, -0.2) is 89.4 Å². The van der Waals surface area contributed by atoms with Crippen molar-refractivity contribution >= 4 is 29.6 Å². The molecule has 0 aromatic carbocycles. The highest BCUT2D eigenvalue weighted by molar-refractivity contribution is 7.99. The smallest absolute Gasteiger partial charge is 0.325 e. The highest BCUT2D eigenvalue weighted by Gasteiger charge is 2.55. The van der Waals surface area contributed by atoms with Crippen molar-refractivity contribution in [2.75, 3.05) is 45.2 Å². The van der Waals surface area contributed by atoms with Gasteiger partial charge in [0.15, 0.2) is 0 Å². The summed E-state index contributed by atoms with van der Waals surface area (Å²) in [4.78, 5) is 44.1. The second kappa shape index (κ2) is 9.69. The van der Waals surface area contributed by atoms with E-state index in [1.807, 2.05) is 11.2 Å². The number of nitrogens with one attached hydrogen (secondary N) is 1. The number of carbonyl (C=O) groups excluding carboxylic acids is 3. The molecule has 29 heavy (non-hydrogen) atoms. The van der Waals surface area contributed by atoms with Crippen LogP contribution in [-0.2, 0) is 9.59 Å². The first kappa shape index (κ1) is 22.4. The number of thioether (sulfide) groups is 1. The van der Waals surface area contributed by atoms with Gasteiger partial charge in [-0.05, 0) is 64.3 Å². The molecule has 1 N–H and O–H groups in total. The van der Waals surface area contributed by atoms with Crippen molar-refractivity contribution in [3.8, 4) is 0 Å². The molecule has 0 aromatic rings. The maximum absolute atomic E-state index is 13.5. The van der Waals surface area contributed by atoms with Crippen molar-refractivity contribution in [2.24, 2.45) is 5.92 Å². The van der Waals surface area contributed by atoms with E-state index in [2.05, 4.69) is 24.2 Å². The van der Waals surface area contributed by atoms with Gasteiger partial charge in [-0.15, -0.1) is 0 Å². The fourth-order valence-electron chi connectivity index (χ4n) is 5.35. The first-order valence-corrected chi connectivity index (χ1v) is 12.4. The predicted octanol–water partition coefficient (Wildman–Crippen LogP) is 2.16. The van der Waals surface area contributed by atoms with Gasteiger partial charge < -0.3 is 15.1 Å². The molecule has 3 heterocycles. The zero-order valence-corrected chi connectivity index (χ0v) is 18.9. The molecular formula is C21H36N4O3S. The van der Waals surface area contributed by atoms with Gasteiger partial charge in [0.05, 0.1) is 5.75 Å². The normalized spacial score (nSPS) is 29.0. The third-order valence-corrected chi connectivity index (χ3v) is 7.55. The molecule has 4 amide bonds. The lowest BCUT2D eigenvalue weighted by Gasteiger charge is -2.41. The SMILES string of the molecule is CCC[C@]1(C2CCN(C(=O)CSC)CC2)NC(=O)N(CC[C@H]2CCCN2C)C1=O. The molecule has 2 atom stereocenters. The van der Waals surface area contributed by atoms with Crippen molar-refractivity contribution in [3.63, 3.8) is 0 Å². The van der Waals surface area contributed by atoms with Crippen LogP contribution < -0.4 is 5.32 Å². The fourth-order valence-corrected chi connectivity index (χ4v) is 5.78. The molecule has 0 saturated carbocycles. The fraction of sp³-hybridized carbons (Fsp3) is 0.857. The Morgan fingerprint density at radius 3 is 2.52 bits per heavy atom. The van der Waals surface area contributed by atoms with Crippen LogP contribution in [0, 0.1) is 5.92 Å². The number of amides is 4. The average molecular weight is 425 g/mol. The maximum Gasteiger partial charge on any atom is 0.325 e. The summed E-state index contributed by atoms with van der Waals surface area (Å²) >= 11 is 1.54. The van der Waals surface area contributed by atoms with E-state index in [1.54, 1.807) is 11.8 Å². The van der Waals surface area contributed by atoms with E-state index in [0.29, 0.717) is 37.8 Å². The van der Waals surface area contributed by atoms with Crippen LogP contribution in [0.5, 0.6) is 0 Å². The third-order valence-electron chi connectivity index (χ3n) is 7.02. The second-order valence-electron chi connectivity index (χ2n) is 8.76. The Kier molecular flexibility index (Phi) is 7.48. The number of likely N-dealkylation sites (tertiary alicyclic amines) is 2. The lowest BCUT2D eigenvalue weighted by molar-refractivity contribution is -0.135. The van der Waals surface area contributed by atoms with E-state index in [9.17, 15) is 14.4 Å². The molecule has 3 rings (SSSR count). The van der Waals surface area contributed by atoms with Gasteiger partial charge >= 0.3 is 6.03 Å². The maximum atomic E-state index is 13.5. The van der Waals surface area contributed by atoms with Gasteiger partial charge in [0, 0.05) is 25.7 Å². The minimum absolute atomic E-state index is 0.0427. The minimum Gasteiger partial charge on any atom is -0.342 e. The van der Waals surface area contributed by atoms with Crippen LogP contribution >= 0.6 is 11.8 Å². The van der Waals surface area contributed by atoms with Gasteiger partial charge in [-0.1, -0.05) is 13.3 Å². The summed E-state index contributed by atoms with van der Waals surface area (Å²) in [5, 5.41) is 3.11. The van der Waals surface area contributed by atoms with Gasteiger partial charge in [0.1, 0.15) is 5.54 Å². The van der Waals surface area contributed by atoms with Crippen LogP contribution in [0.25, 0.3) is 0 Å². The summed E-state index contributed by atoms with van der Waals surface area (Å²) in [5.41, 5.74) is -0.790. The predicted molar refractivity (Wildman–Crippen MR) is 116 cm³/mol. The van der Waals surface area contributed by atoms with Gasteiger partial charge in [0.2, 0.25) is 5.91 Å². The summed E-state index contributed by atoms with van der Waals surface area (Å²) in [5.74, 6) is 0.726. The van der Waals surface area contributed by atoms with E-state index in [4.69, 9.17) is 0 Å². The van der Waals surface area contributed by atoms with Crippen molar-refractivity contribution < 1.29 is 14.4 Å². The number of hydrogen-bond acceptors (Lipinski definition) is 5. The molecule has 0 aromatic heterocycles. The summed E-state index contributed by atoms with van der Waals surface area (Å²) in [6, 6.07) is 0.229. The lowest BCUT2D eigenvalue weighted by atomic mass is 9.74. The zero-order valence-electron chi connectivity index (χ0n) is 18.1. The average Bonchev–Trinajstić information content (AvgIpc) is 3.22. The number of rotatable bonds is 8. The highest BCUT2D eigenvalue weighted by Crippen LogP contribution is 2.37. The third kappa shape index (κ3) is 4.58. The van der Waals surface area contributed by atoms with Crippen LogP contribution in [0.15, 0.2) is 0 Å². The number of hydrogen-bond donors (Lipinski definition) is 1. The summed E-state index contributed by atoms with van der Waals surface area (Å²) in [6.45, 7) is 5.00. The Morgan fingerprint density at radius 1 is 1.21 bits per heavy atom. The first-order chi connectivity index (χ1) is 13.9. The molecule has 164 valence electrons. The Bertz CT molecular complexity index is 623. The number of urea groups is 1. The topological polar surface area (TPSA) is 73.0 Å². The van der Waals surface area contributed by atoms with Gasteiger partial charge in [-0.2, -0.15) is 11.8 Å². The molecule has 0 unspecified atom stereocenters. The molecule has 8 heteroatoms. The summed E-state index contributed by atoms with van der Waals surface area (Å²) < 4.78 is 0. The van der Waals surface area contributed by atoms with E-state index in [1.165, 1.54) is 11.3 Å². The highest BCUT2D eigenvalue weighted by atomic mass is 32.2. The van der Waals surface area contributed by atoms with Crippen LogP contribution in [0.1, 0.15) is 51.9 Å². The Morgan fingerprint density at radius 2 is 1.93 bits per heavy atom. The van der Waals surface area contributed by atoms with Crippen LogP contribution in [0.2, 0.25) is 0 Å². The lowest BCUT2D eigenvalue weighted by Crippen LogP contribution is -2.56. The molecule has 7 nitrogen and oxygen atoms in total. The molecule has 0 radical (unpaired) electrons. The quantitative estimate of drug-likeness (QED) is 0.605. The Balaban J connectivity index is 1.65. The van der Waals surface area contributed by atoms with Gasteiger partial charge in [0.25, 0.3) is 5.91 Å². The summed E-state index contributed by atoms with van der Waals surface area (Å²) in [6.07, 6.45) is 8.16. The molecule has 3 saturated heterocycles. The standard InChI is InChI=1S/C21H36N4O3S/c1-4-10-21(16-7-12-24(13-8-16)18(26)15-29-3)19(27)25(20(28)22-21)14-9-17-6-5-11-23(17)2/h16-17H,4-15H2,1-3H3,(H,22,28)/t17-,21-/m1/s1. The molecule has 0 bridgehead atoms. The largest absolute Gasteiger partial charge is 0.342 e. The summed E-state index contributed by atoms with van der Waals surface area (Å²) in [7, 11) is 2.12. The van der Waals surface area contributed by atoms with Crippen LogP contribution in [0.3, 0.4) is 0 Å².